The highest BCUT2D eigenvalue weighted by molar-refractivity contribution is 5.91. The predicted molar refractivity (Wildman–Crippen MR) is 99.8 cm³/mol. The van der Waals surface area contributed by atoms with Crippen molar-refractivity contribution in [2.24, 2.45) is 0 Å². The molecular weight excluding hydrogens is 316 g/mol. The van der Waals surface area contributed by atoms with Gasteiger partial charge in [0.2, 0.25) is 5.91 Å². The van der Waals surface area contributed by atoms with Gasteiger partial charge in [0.1, 0.15) is 5.75 Å². The first-order valence-electron chi connectivity index (χ1n) is 8.40. The third kappa shape index (κ3) is 5.89. The second kappa shape index (κ2) is 9.20. The number of aryl methyl sites for hydroxylation is 1. The largest absolute Gasteiger partial charge is 0.497 e. The number of benzene rings is 2. The molecule has 2 aromatic carbocycles. The summed E-state index contributed by atoms with van der Waals surface area (Å²) in [6, 6.07) is 15.0. The fourth-order valence-corrected chi connectivity index (χ4v) is 2.54. The maximum absolute atomic E-state index is 12.1. The highest BCUT2D eigenvalue weighted by Crippen LogP contribution is 2.19. The summed E-state index contributed by atoms with van der Waals surface area (Å²) in [5.74, 6) is 0.660. The Balaban J connectivity index is 1.80. The average molecular weight is 342 g/mol. The van der Waals surface area contributed by atoms with E-state index in [4.69, 9.17) is 4.74 Å². The highest BCUT2D eigenvalue weighted by Gasteiger charge is 2.13. The third-order valence-electron chi connectivity index (χ3n) is 4.05. The van der Waals surface area contributed by atoms with Gasteiger partial charge in [-0.05, 0) is 43.2 Å². The van der Waals surface area contributed by atoms with Gasteiger partial charge in [0.25, 0.3) is 0 Å². The van der Waals surface area contributed by atoms with Gasteiger partial charge in [-0.2, -0.15) is 0 Å². The first-order valence-corrected chi connectivity index (χ1v) is 8.40. The van der Waals surface area contributed by atoms with Crippen LogP contribution in [0.25, 0.3) is 0 Å². The molecule has 5 nitrogen and oxygen atoms in total. The molecule has 0 radical (unpaired) electrons. The van der Waals surface area contributed by atoms with Crippen molar-refractivity contribution in [1.82, 2.24) is 5.32 Å². The normalized spacial score (nSPS) is 13.1. The van der Waals surface area contributed by atoms with Crippen LogP contribution in [-0.4, -0.2) is 30.7 Å². The summed E-state index contributed by atoms with van der Waals surface area (Å²) in [7, 11) is 1.60. The van der Waals surface area contributed by atoms with Gasteiger partial charge in [-0.1, -0.05) is 30.3 Å². The second-order valence-corrected chi connectivity index (χ2v) is 6.17. The number of aliphatic hydroxyl groups excluding tert-OH is 1. The van der Waals surface area contributed by atoms with Crippen LogP contribution in [0, 0.1) is 6.92 Å². The standard InChI is InChI=1S/C20H26N2O3/c1-14-7-4-5-10-18(14)22-20(24)11-15(2)21-13-19(23)16-8-6-9-17(12-16)25-3/h4-10,12,15,19,21,23H,11,13H2,1-3H3,(H,22,24)/t15-,19-/m1/s1. The number of methoxy groups -OCH3 is 1. The molecule has 134 valence electrons. The lowest BCUT2D eigenvalue weighted by Crippen LogP contribution is -2.33. The molecule has 2 rings (SSSR count). The van der Waals surface area contributed by atoms with Gasteiger partial charge in [0.05, 0.1) is 13.2 Å². The predicted octanol–water partition coefficient (Wildman–Crippen LogP) is 3.04. The molecule has 0 spiro atoms. The molecule has 0 saturated heterocycles. The smallest absolute Gasteiger partial charge is 0.225 e. The van der Waals surface area contributed by atoms with Gasteiger partial charge >= 0.3 is 0 Å². The van der Waals surface area contributed by atoms with Crippen LogP contribution in [0.5, 0.6) is 5.75 Å². The molecule has 0 aliphatic rings. The van der Waals surface area contributed by atoms with Crippen molar-refractivity contribution in [3.63, 3.8) is 0 Å². The number of ether oxygens (including phenoxy) is 1. The fraction of sp³-hybridized carbons (Fsp3) is 0.350. The molecule has 0 aliphatic carbocycles. The van der Waals surface area contributed by atoms with Crippen LogP contribution in [0.2, 0.25) is 0 Å². The van der Waals surface area contributed by atoms with E-state index >= 15 is 0 Å². The maximum Gasteiger partial charge on any atom is 0.225 e. The van der Waals surface area contributed by atoms with Crippen LogP contribution >= 0.6 is 0 Å². The summed E-state index contributed by atoms with van der Waals surface area (Å²) in [6.07, 6.45) is -0.323. The third-order valence-corrected chi connectivity index (χ3v) is 4.05. The number of carbonyl (C=O) groups is 1. The highest BCUT2D eigenvalue weighted by atomic mass is 16.5. The Morgan fingerprint density at radius 3 is 2.68 bits per heavy atom. The van der Waals surface area contributed by atoms with Crippen LogP contribution in [0.15, 0.2) is 48.5 Å². The molecule has 0 unspecified atom stereocenters. The summed E-state index contributed by atoms with van der Waals surface area (Å²) < 4.78 is 5.17. The van der Waals surface area contributed by atoms with Crippen LogP contribution in [-0.2, 0) is 4.79 Å². The second-order valence-electron chi connectivity index (χ2n) is 6.17. The molecule has 0 bridgehead atoms. The molecule has 1 amide bonds. The molecule has 0 saturated carbocycles. The summed E-state index contributed by atoms with van der Waals surface area (Å²) in [4.78, 5) is 12.1. The molecule has 25 heavy (non-hydrogen) atoms. The molecule has 0 aliphatic heterocycles. The lowest BCUT2D eigenvalue weighted by Gasteiger charge is -2.18. The Labute approximate surface area is 149 Å². The SMILES string of the molecule is COc1cccc([C@H](O)CN[C@H](C)CC(=O)Nc2ccccc2C)c1. The Morgan fingerprint density at radius 1 is 1.20 bits per heavy atom. The van der Waals surface area contributed by atoms with Crippen molar-refractivity contribution in [2.75, 3.05) is 19.0 Å². The zero-order chi connectivity index (χ0) is 18.2. The van der Waals surface area contributed by atoms with E-state index < -0.39 is 6.10 Å². The van der Waals surface area contributed by atoms with Gasteiger partial charge < -0.3 is 20.5 Å². The molecule has 5 heteroatoms. The van der Waals surface area contributed by atoms with Crippen molar-refractivity contribution < 1.29 is 14.6 Å². The average Bonchev–Trinajstić information content (AvgIpc) is 2.61. The molecule has 3 N–H and O–H groups in total. The number of carbonyl (C=O) groups excluding carboxylic acids is 1. The Bertz CT molecular complexity index is 703. The van der Waals surface area contributed by atoms with E-state index in [-0.39, 0.29) is 11.9 Å². The lowest BCUT2D eigenvalue weighted by molar-refractivity contribution is -0.116. The Hall–Kier alpha value is -2.37. The molecule has 2 aromatic rings. The minimum absolute atomic E-state index is 0.0508. The van der Waals surface area contributed by atoms with Gasteiger partial charge in [0, 0.05) is 24.7 Å². The molecular formula is C20H26N2O3. The van der Waals surface area contributed by atoms with Crippen molar-refractivity contribution in [3.05, 3.63) is 59.7 Å². The number of nitrogens with one attached hydrogen (secondary N) is 2. The minimum atomic E-state index is -0.656. The van der Waals surface area contributed by atoms with Crippen molar-refractivity contribution in [3.8, 4) is 5.75 Å². The Kier molecular flexibility index (Phi) is 6.98. The summed E-state index contributed by atoms with van der Waals surface area (Å²) in [5.41, 5.74) is 2.64. The van der Waals surface area contributed by atoms with Gasteiger partial charge in [-0.25, -0.2) is 0 Å². The first-order chi connectivity index (χ1) is 12.0. The van der Waals surface area contributed by atoms with Crippen molar-refractivity contribution in [2.45, 2.75) is 32.4 Å². The van der Waals surface area contributed by atoms with Gasteiger partial charge in [-0.15, -0.1) is 0 Å². The quantitative estimate of drug-likeness (QED) is 0.690. The first kappa shape index (κ1) is 19.0. The Morgan fingerprint density at radius 2 is 1.96 bits per heavy atom. The molecule has 0 aromatic heterocycles. The number of amides is 1. The van der Waals surface area contributed by atoms with Crippen LogP contribution in [0.1, 0.15) is 30.6 Å². The molecule has 0 fully saturated rings. The summed E-state index contributed by atoms with van der Waals surface area (Å²) in [6.45, 7) is 4.25. The lowest BCUT2D eigenvalue weighted by atomic mass is 10.1. The molecule has 2 atom stereocenters. The fourth-order valence-electron chi connectivity index (χ4n) is 2.54. The number of para-hydroxylation sites is 1. The number of rotatable bonds is 8. The topological polar surface area (TPSA) is 70.6 Å². The van der Waals surface area contributed by atoms with E-state index in [0.29, 0.717) is 18.7 Å². The van der Waals surface area contributed by atoms with E-state index in [1.165, 1.54) is 0 Å². The van der Waals surface area contributed by atoms with E-state index in [1.807, 2.05) is 62.4 Å². The van der Waals surface area contributed by atoms with Gasteiger partial charge in [0.15, 0.2) is 0 Å². The summed E-state index contributed by atoms with van der Waals surface area (Å²) >= 11 is 0. The van der Waals surface area contributed by atoms with E-state index in [2.05, 4.69) is 10.6 Å². The number of aliphatic hydroxyl groups is 1. The number of hydrogen-bond acceptors (Lipinski definition) is 4. The number of hydrogen-bond donors (Lipinski definition) is 3. The van der Waals surface area contributed by atoms with Crippen LogP contribution in [0.3, 0.4) is 0 Å². The van der Waals surface area contributed by atoms with E-state index in [1.54, 1.807) is 7.11 Å². The van der Waals surface area contributed by atoms with E-state index in [9.17, 15) is 9.90 Å². The monoisotopic (exact) mass is 342 g/mol. The molecule has 0 heterocycles. The van der Waals surface area contributed by atoms with E-state index in [0.717, 1.165) is 16.8 Å². The van der Waals surface area contributed by atoms with Crippen LogP contribution in [0.4, 0.5) is 5.69 Å². The van der Waals surface area contributed by atoms with Crippen LogP contribution < -0.4 is 15.4 Å². The summed E-state index contributed by atoms with van der Waals surface area (Å²) in [5, 5.41) is 16.4. The van der Waals surface area contributed by atoms with Crippen molar-refractivity contribution in [1.29, 1.82) is 0 Å². The van der Waals surface area contributed by atoms with Gasteiger partial charge in [-0.3, -0.25) is 4.79 Å². The minimum Gasteiger partial charge on any atom is -0.497 e. The maximum atomic E-state index is 12.1. The zero-order valence-electron chi connectivity index (χ0n) is 15.0. The number of anilines is 1. The zero-order valence-corrected chi connectivity index (χ0v) is 15.0. The van der Waals surface area contributed by atoms with Crippen molar-refractivity contribution >= 4 is 11.6 Å².